The Labute approximate surface area is 121 Å². The van der Waals surface area contributed by atoms with Crippen LogP contribution in [0.5, 0.6) is 5.75 Å². The van der Waals surface area contributed by atoms with Gasteiger partial charge in [0, 0.05) is 6.61 Å². The van der Waals surface area contributed by atoms with Crippen LogP contribution in [0, 0.1) is 0 Å². The van der Waals surface area contributed by atoms with E-state index >= 15 is 0 Å². The van der Waals surface area contributed by atoms with Gasteiger partial charge in [-0.05, 0) is 42.5 Å². The van der Waals surface area contributed by atoms with Crippen molar-refractivity contribution < 1.29 is 9.84 Å². The van der Waals surface area contributed by atoms with Crippen LogP contribution in [0.25, 0.3) is 11.1 Å². The van der Waals surface area contributed by atoms with Gasteiger partial charge >= 0.3 is 0 Å². The summed E-state index contributed by atoms with van der Waals surface area (Å²) in [5, 5.41) is 8.71. The zero-order valence-corrected chi connectivity index (χ0v) is 11.8. The minimum atomic E-state index is 0.292. The molecule has 0 atom stereocenters. The third kappa shape index (κ3) is 4.71. The molecule has 0 spiro atoms. The second-order valence-corrected chi connectivity index (χ2v) is 4.88. The zero-order valence-electron chi connectivity index (χ0n) is 11.8. The van der Waals surface area contributed by atoms with Gasteiger partial charge in [0.1, 0.15) is 5.75 Å². The largest absolute Gasteiger partial charge is 0.494 e. The van der Waals surface area contributed by atoms with Gasteiger partial charge in [0.25, 0.3) is 0 Å². The third-order valence-electron chi connectivity index (χ3n) is 3.26. The lowest BCUT2D eigenvalue weighted by molar-refractivity contribution is 0.273. The summed E-state index contributed by atoms with van der Waals surface area (Å²) in [4.78, 5) is 0. The van der Waals surface area contributed by atoms with Gasteiger partial charge in [-0.15, -0.1) is 0 Å². The molecule has 20 heavy (non-hydrogen) atoms. The van der Waals surface area contributed by atoms with Crippen molar-refractivity contribution in [3.05, 3.63) is 54.6 Å². The summed E-state index contributed by atoms with van der Waals surface area (Å²) in [6.45, 7) is 1.03. The third-order valence-corrected chi connectivity index (χ3v) is 3.26. The second kappa shape index (κ2) is 8.39. The minimum absolute atomic E-state index is 0.292. The van der Waals surface area contributed by atoms with Gasteiger partial charge in [0.15, 0.2) is 0 Å². The molecule has 0 radical (unpaired) electrons. The Morgan fingerprint density at radius 2 is 1.50 bits per heavy atom. The molecular weight excluding hydrogens is 248 g/mol. The number of hydrogen-bond acceptors (Lipinski definition) is 2. The first-order valence-electron chi connectivity index (χ1n) is 7.29. The molecule has 2 nitrogen and oxygen atoms in total. The average molecular weight is 270 g/mol. The molecule has 1 N–H and O–H groups in total. The van der Waals surface area contributed by atoms with E-state index in [-0.39, 0.29) is 0 Å². The fourth-order valence-corrected chi connectivity index (χ4v) is 2.15. The maximum atomic E-state index is 8.71. The maximum absolute atomic E-state index is 8.71. The number of benzene rings is 2. The molecule has 0 saturated carbocycles. The SMILES string of the molecule is OCCCCCCOc1cccc(-c2ccccc2)c1. The van der Waals surface area contributed by atoms with Gasteiger partial charge in [-0.3, -0.25) is 0 Å². The second-order valence-electron chi connectivity index (χ2n) is 4.88. The van der Waals surface area contributed by atoms with Crippen molar-refractivity contribution >= 4 is 0 Å². The lowest BCUT2D eigenvalue weighted by Crippen LogP contribution is -1.97. The zero-order chi connectivity index (χ0) is 14.0. The number of hydrogen-bond donors (Lipinski definition) is 1. The molecule has 106 valence electrons. The van der Waals surface area contributed by atoms with Crippen molar-refractivity contribution in [3.63, 3.8) is 0 Å². The van der Waals surface area contributed by atoms with Crippen LogP contribution in [0.15, 0.2) is 54.6 Å². The first-order valence-corrected chi connectivity index (χ1v) is 7.29. The fourth-order valence-electron chi connectivity index (χ4n) is 2.15. The van der Waals surface area contributed by atoms with Crippen molar-refractivity contribution in [2.24, 2.45) is 0 Å². The van der Waals surface area contributed by atoms with Gasteiger partial charge in [0.2, 0.25) is 0 Å². The van der Waals surface area contributed by atoms with Crippen LogP contribution in [0.3, 0.4) is 0 Å². The first-order chi connectivity index (χ1) is 9.90. The highest BCUT2D eigenvalue weighted by Crippen LogP contribution is 2.23. The van der Waals surface area contributed by atoms with Gasteiger partial charge < -0.3 is 9.84 Å². The van der Waals surface area contributed by atoms with E-state index in [1.807, 2.05) is 30.3 Å². The predicted molar refractivity (Wildman–Crippen MR) is 82.9 cm³/mol. The standard InChI is InChI=1S/C18H22O2/c19-13-6-1-2-7-14-20-18-12-8-11-17(15-18)16-9-4-3-5-10-16/h3-5,8-12,15,19H,1-2,6-7,13-14H2. The molecule has 2 aromatic carbocycles. The Morgan fingerprint density at radius 3 is 2.30 bits per heavy atom. The summed E-state index contributed by atoms with van der Waals surface area (Å²) in [7, 11) is 0. The molecule has 2 heteroatoms. The van der Waals surface area contributed by atoms with Crippen LogP contribution in [0.4, 0.5) is 0 Å². The summed E-state index contributed by atoms with van der Waals surface area (Å²) in [6, 6.07) is 18.5. The Kier molecular flexibility index (Phi) is 6.12. The Morgan fingerprint density at radius 1 is 0.750 bits per heavy atom. The number of rotatable bonds is 8. The number of aliphatic hydroxyl groups excluding tert-OH is 1. The van der Waals surface area contributed by atoms with Gasteiger partial charge in [-0.25, -0.2) is 0 Å². The quantitative estimate of drug-likeness (QED) is 0.725. The van der Waals surface area contributed by atoms with Gasteiger partial charge in [-0.1, -0.05) is 48.9 Å². The van der Waals surface area contributed by atoms with Crippen LogP contribution in [0.2, 0.25) is 0 Å². The number of ether oxygens (including phenoxy) is 1. The first kappa shape index (κ1) is 14.6. The fraction of sp³-hybridized carbons (Fsp3) is 0.333. The highest BCUT2D eigenvalue weighted by Gasteiger charge is 1.99. The molecule has 0 aromatic heterocycles. The normalized spacial score (nSPS) is 10.4. The smallest absolute Gasteiger partial charge is 0.119 e. The molecule has 2 rings (SSSR count). The van der Waals surface area contributed by atoms with E-state index < -0.39 is 0 Å². The van der Waals surface area contributed by atoms with Crippen LogP contribution in [-0.2, 0) is 0 Å². The van der Waals surface area contributed by atoms with E-state index in [2.05, 4.69) is 24.3 Å². The van der Waals surface area contributed by atoms with Crippen molar-refractivity contribution in [2.45, 2.75) is 25.7 Å². The van der Waals surface area contributed by atoms with E-state index in [0.29, 0.717) is 6.61 Å². The van der Waals surface area contributed by atoms with E-state index in [1.165, 1.54) is 11.1 Å². The molecule has 2 aromatic rings. The Bertz CT molecular complexity index is 494. The molecule has 0 saturated heterocycles. The summed E-state index contributed by atoms with van der Waals surface area (Å²) >= 11 is 0. The number of unbranched alkanes of at least 4 members (excludes halogenated alkanes) is 3. The van der Waals surface area contributed by atoms with Crippen LogP contribution >= 0.6 is 0 Å². The van der Waals surface area contributed by atoms with Crippen molar-refractivity contribution in [2.75, 3.05) is 13.2 Å². The van der Waals surface area contributed by atoms with E-state index in [0.717, 1.165) is 38.0 Å². The van der Waals surface area contributed by atoms with Crippen LogP contribution < -0.4 is 4.74 Å². The summed E-state index contributed by atoms with van der Waals surface area (Å²) in [6.07, 6.45) is 4.11. The highest BCUT2D eigenvalue weighted by atomic mass is 16.5. The highest BCUT2D eigenvalue weighted by molar-refractivity contribution is 5.64. The van der Waals surface area contributed by atoms with Gasteiger partial charge in [0.05, 0.1) is 6.61 Å². The molecule has 0 aliphatic rings. The molecule has 0 amide bonds. The molecule has 0 aliphatic heterocycles. The van der Waals surface area contributed by atoms with E-state index in [4.69, 9.17) is 9.84 Å². The molecule has 0 heterocycles. The van der Waals surface area contributed by atoms with Crippen molar-refractivity contribution in [1.82, 2.24) is 0 Å². The average Bonchev–Trinajstić information content (AvgIpc) is 2.52. The lowest BCUT2D eigenvalue weighted by Gasteiger charge is -2.08. The molecular formula is C18H22O2. The summed E-state index contributed by atoms with van der Waals surface area (Å²) in [5.41, 5.74) is 2.39. The predicted octanol–water partition coefficient (Wildman–Crippen LogP) is 4.29. The Hall–Kier alpha value is -1.80. The number of aliphatic hydroxyl groups is 1. The summed E-state index contributed by atoms with van der Waals surface area (Å²) in [5.74, 6) is 0.925. The Balaban J connectivity index is 1.84. The molecule has 0 unspecified atom stereocenters. The minimum Gasteiger partial charge on any atom is -0.494 e. The maximum Gasteiger partial charge on any atom is 0.119 e. The molecule has 0 bridgehead atoms. The van der Waals surface area contributed by atoms with Gasteiger partial charge in [-0.2, -0.15) is 0 Å². The summed E-state index contributed by atoms with van der Waals surface area (Å²) < 4.78 is 5.79. The van der Waals surface area contributed by atoms with Crippen molar-refractivity contribution in [1.29, 1.82) is 0 Å². The topological polar surface area (TPSA) is 29.5 Å². The van der Waals surface area contributed by atoms with Crippen LogP contribution in [-0.4, -0.2) is 18.3 Å². The van der Waals surface area contributed by atoms with E-state index in [9.17, 15) is 0 Å². The lowest BCUT2D eigenvalue weighted by atomic mass is 10.1. The monoisotopic (exact) mass is 270 g/mol. The molecule has 0 aliphatic carbocycles. The van der Waals surface area contributed by atoms with Crippen molar-refractivity contribution in [3.8, 4) is 16.9 Å². The van der Waals surface area contributed by atoms with Crippen LogP contribution in [0.1, 0.15) is 25.7 Å². The molecule has 0 fully saturated rings. The van der Waals surface area contributed by atoms with E-state index in [1.54, 1.807) is 0 Å².